The van der Waals surface area contributed by atoms with Gasteiger partial charge in [-0.2, -0.15) is 0 Å². The number of nitrogens with one attached hydrogen (secondary N) is 1. The van der Waals surface area contributed by atoms with Gasteiger partial charge in [-0.05, 0) is 58.7 Å². The van der Waals surface area contributed by atoms with Gasteiger partial charge in [0, 0.05) is 24.0 Å². The third-order valence-electron chi connectivity index (χ3n) is 5.37. The van der Waals surface area contributed by atoms with Crippen LogP contribution in [0.3, 0.4) is 0 Å². The van der Waals surface area contributed by atoms with Crippen LogP contribution in [0.15, 0.2) is 0 Å². The highest BCUT2D eigenvalue weighted by Crippen LogP contribution is 2.38. The standard InChI is InChI=1S/C20H31N3O3S/c1-4-26-20(25)18-15-8-11-23(14(2)3)12-16(15)27-19(18)21-17(24)13-22-9-6-5-7-10-22/h14H,4-13H2,1-3H3,(H,21,24). The fraction of sp³-hybridized carbons (Fsp3) is 0.700. The Kier molecular flexibility index (Phi) is 6.89. The van der Waals surface area contributed by atoms with Crippen molar-refractivity contribution in [2.75, 3.05) is 38.1 Å². The van der Waals surface area contributed by atoms with E-state index in [1.807, 2.05) is 6.92 Å². The van der Waals surface area contributed by atoms with Crippen molar-refractivity contribution in [2.24, 2.45) is 0 Å². The lowest BCUT2D eigenvalue weighted by atomic mass is 10.0. The predicted octanol–water partition coefficient (Wildman–Crippen LogP) is 3.12. The lowest BCUT2D eigenvalue weighted by molar-refractivity contribution is -0.117. The molecule has 0 saturated carbocycles. The van der Waals surface area contributed by atoms with E-state index in [2.05, 4.69) is 29.0 Å². The van der Waals surface area contributed by atoms with E-state index in [0.717, 1.165) is 51.0 Å². The molecule has 1 N–H and O–H groups in total. The molecule has 3 rings (SSSR count). The molecule has 1 amide bonds. The molecule has 0 spiro atoms. The van der Waals surface area contributed by atoms with E-state index in [9.17, 15) is 9.59 Å². The molecule has 0 unspecified atom stereocenters. The average Bonchev–Trinajstić information content (AvgIpc) is 2.99. The molecule has 3 heterocycles. The number of ether oxygens (including phenoxy) is 1. The van der Waals surface area contributed by atoms with E-state index in [-0.39, 0.29) is 11.9 Å². The molecule has 1 saturated heterocycles. The van der Waals surface area contributed by atoms with E-state index in [1.54, 1.807) is 0 Å². The summed E-state index contributed by atoms with van der Waals surface area (Å²) in [6.07, 6.45) is 4.37. The number of carbonyl (C=O) groups is 2. The van der Waals surface area contributed by atoms with Gasteiger partial charge in [0.25, 0.3) is 0 Å². The Morgan fingerprint density at radius 1 is 1.19 bits per heavy atom. The lowest BCUT2D eigenvalue weighted by Gasteiger charge is -2.30. The summed E-state index contributed by atoms with van der Waals surface area (Å²) < 4.78 is 5.29. The number of hydrogen-bond acceptors (Lipinski definition) is 6. The minimum absolute atomic E-state index is 0.0400. The quantitative estimate of drug-likeness (QED) is 0.753. The number of fused-ring (bicyclic) bond motifs is 1. The maximum atomic E-state index is 12.6. The van der Waals surface area contributed by atoms with Gasteiger partial charge >= 0.3 is 5.97 Å². The monoisotopic (exact) mass is 393 g/mol. The Bertz CT molecular complexity index is 680. The molecule has 0 radical (unpaired) electrons. The van der Waals surface area contributed by atoms with Gasteiger partial charge in [0.15, 0.2) is 0 Å². The highest BCUT2D eigenvalue weighted by molar-refractivity contribution is 7.17. The van der Waals surface area contributed by atoms with Crippen molar-refractivity contribution in [2.45, 2.75) is 59.0 Å². The van der Waals surface area contributed by atoms with Gasteiger partial charge in [0.1, 0.15) is 5.00 Å². The van der Waals surface area contributed by atoms with E-state index in [4.69, 9.17) is 4.74 Å². The summed E-state index contributed by atoms with van der Waals surface area (Å²) in [5.74, 6) is -0.358. The fourth-order valence-corrected chi connectivity index (χ4v) is 5.14. The van der Waals surface area contributed by atoms with Crippen molar-refractivity contribution in [3.05, 3.63) is 16.0 Å². The van der Waals surface area contributed by atoms with Crippen molar-refractivity contribution < 1.29 is 14.3 Å². The van der Waals surface area contributed by atoms with Gasteiger partial charge in [0.2, 0.25) is 5.91 Å². The zero-order valence-electron chi connectivity index (χ0n) is 16.7. The van der Waals surface area contributed by atoms with Crippen LogP contribution in [0.2, 0.25) is 0 Å². The van der Waals surface area contributed by atoms with E-state index in [1.165, 1.54) is 22.6 Å². The number of anilines is 1. The molecule has 0 aliphatic carbocycles. The molecule has 0 atom stereocenters. The summed E-state index contributed by atoms with van der Waals surface area (Å²) >= 11 is 1.53. The number of piperidine rings is 1. The van der Waals surface area contributed by atoms with Crippen LogP contribution in [0.5, 0.6) is 0 Å². The van der Waals surface area contributed by atoms with Crippen LogP contribution in [0.4, 0.5) is 5.00 Å². The zero-order valence-corrected chi connectivity index (χ0v) is 17.5. The Morgan fingerprint density at radius 2 is 1.93 bits per heavy atom. The first-order valence-electron chi connectivity index (χ1n) is 10.1. The SMILES string of the molecule is CCOC(=O)c1c(NC(=O)CN2CCCCC2)sc2c1CCN(C(C)C)C2. The first-order chi connectivity index (χ1) is 13.0. The maximum absolute atomic E-state index is 12.6. The van der Waals surface area contributed by atoms with Crippen LogP contribution < -0.4 is 5.32 Å². The van der Waals surface area contributed by atoms with Gasteiger partial charge in [-0.1, -0.05) is 6.42 Å². The van der Waals surface area contributed by atoms with E-state index < -0.39 is 0 Å². The summed E-state index contributed by atoms with van der Waals surface area (Å²) in [6.45, 7) is 10.6. The Balaban J connectivity index is 1.78. The highest BCUT2D eigenvalue weighted by Gasteiger charge is 2.30. The van der Waals surface area contributed by atoms with Crippen molar-refractivity contribution in [3.8, 4) is 0 Å². The summed E-state index contributed by atoms with van der Waals surface area (Å²) in [5.41, 5.74) is 1.64. The number of carbonyl (C=O) groups excluding carboxylic acids is 2. The van der Waals surface area contributed by atoms with Crippen LogP contribution in [0, 0.1) is 0 Å². The topological polar surface area (TPSA) is 61.9 Å². The normalized spacial score (nSPS) is 18.4. The molecule has 27 heavy (non-hydrogen) atoms. The number of amides is 1. The lowest BCUT2D eigenvalue weighted by Crippen LogP contribution is -2.37. The summed E-state index contributed by atoms with van der Waals surface area (Å²) in [6, 6.07) is 0.462. The highest BCUT2D eigenvalue weighted by atomic mass is 32.1. The van der Waals surface area contributed by atoms with Crippen molar-refractivity contribution in [3.63, 3.8) is 0 Å². The summed E-state index contributed by atoms with van der Waals surface area (Å²) in [5, 5.41) is 3.68. The molecule has 6 nitrogen and oxygen atoms in total. The number of thiophene rings is 1. The second-order valence-corrected chi connectivity index (χ2v) is 8.73. The average molecular weight is 394 g/mol. The second-order valence-electron chi connectivity index (χ2n) is 7.63. The van der Waals surface area contributed by atoms with Gasteiger partial charge in [0.05, 0.1) is 18.7 Å². The zero-order chi connectivity index (χ0) is 19.4. The number of nitrogens with zero attached hydrogens (tertiary/aromatic N) is 2. The molecule has 1 aromatic heterocycles. The van der Waals surface area contributed by atoms with Crippen LogP contribution >= 0.6 is 11.3 Å². The smallest absolute Gasteiger partial charge is 0.341 e. The second kappa shape index (κ2) is 9.17. The van der Waals surface area contributed by atoms with Crippen molar-refractivity contribution in [1.82, 2.24) is 9.80 Å². The molecule has 0 aromatic carbocycles. The van der Waals surface area contributed by atoms with E-state index >= 15 is 0 Å². The number of hydrogen-bond donors (Lipinski definition) is 1. The molecule has 0 bridgehead atoms. The molecular weight excluding hydrogens is 362 g/mol. The van der Waals surface area contributed by atoms with E-state index in [0.29, 0.717) is 29.8 Å². The van der Waals surface area contributed by atoms with Gasteiger partial charge in [-0.25, -0.2) is 4.79 Å². The molecule has 7 heteroatoms. The Morgan fingerprint density at radius 3 is 2.59 bits per heavy atom. The minimum atomic E-state index is -0.318. The number of esters is 1. The molecule has 1 fully saturated rings. The number of likely N-dealkylation sites (tertiary alicyclic amines) is 1. The van der Waals surface area contributed by atoms with Gasteiger partial charge < -0.3 is 10.1 Å². The number of rotatable bonds is 6. The first kappa shape index (κ1) is 20.3. The van der Waals surface area contributed by atoms with Crippen LogP contribution in [-0.4, -0.2) is 60.5 Å². The predicted molar refractivity (Wildman–Crippen MR) is 108 cm³/mol. The van der Waals surface area contributed by atoms with Crippen molar-refractivity contribution >= 4 is 28.2 Å². The first-order valence-corrected chi connectivity index (χ1v) is 10.9. The van der Waals surface area contributed by atoms with Crippen LogP contribution in [0.1, 0.15) is 60.8 Å². The molecule has 2 aliphatic heterocycles. The van der Waals surface area contributed by atoms with Crippen LogP contribution in [-0.2, 0) is 22.5 Å². The summed E-state index contributed by atoms with van der Waals surface area (Å²) in [4.78, 5) is 30.9. The van der Waals surface area contributed by atoms with Gasteiger partial charge in [-0.15, -0.1) is 11.3 Å². The minimum Gasteiger partial charge on any atom is -0.462 e. The molecule has 1 aromatic rings. The van der Waals surface area contributed by atoms with Crippen molar-refractivity contribution in [1.29, 1.82) is 0 Å². The van der Waals surface area contributed by atoms with Crippen LogP contribution in [0.25, 0.3) is 0 Å². The Hall–Kier alpha value is -1.44. The largest absolute Gasteiger partial charge is 0.462 e. The summed E-state index contributed by atoms with van der Waals surface area (Å²) in [7, 11) is 0. The maximum Gasteiger partial charge on any atom is 0.341 e. The molecular formula is C20H31N3O3S. The van der Waals surface area contributed by atoms with Gasteiger partial charge in [-0.3, -0.25) is 14.6 Å². The Labute approximate surface area is 165 Å². The molecule has 150 valence electrons. The third-order valence-corrected chi connectivity index (χ3v) is 6.50. The fourth-order valence-electron chi connectivity index (χ4n) is 3.86. The molecule has 2 aliphatic rings. The third kappa shape index (κ3) is 4.89.